The Labute approximate surface area is 112 Å². The third kappa shape index (κ3) is 3.77. The fraction of sp³-hybridized carbons (Fsp3) is 0.636. The minimum atomic E-state index is -3.75. The number of aliphatic carboxylic acids is 1. The first-order valence-electron chi connectivity index (χ1n) is 5.78. The van der Waals surface area contributed by atoms with Crippen molar-refractivity contribution in [2.75, 3.05) is 6.54 Å². The molecule has 0 aliphatic carbocycles. The summed E-state index contributed by atoms with van der Waals surface area (Å²) in [5.74, 6) is -1.03. The lowest BCUT2D eigenvalue weighted by Gasteiger charge is -2.33. The highest BCUT2D eigenvalue weighted by molar-refractivity contribution is 7.89. The Kier molecular flexibility index (Phi) is 4.36. The van der Waals surface area contributed by atoms with Gasteiger partial charge in [0.1, 0.15) is 4.90 Å². The number of rotatable bonds is 5. The van der Waals surface area contributed by atoms with E-state index in [0.29, 0.717) is 0 Å². The van der Waals surface area contributed by atoms with Crippen LogP contribution in [-0.2, 0) is 21.9 Å². The van der Waals surface area contributed by atoms with Crippen LogP contribution in [0.1, 0.15) is 27.2 Å². The highest BCUT2D eigenvalue weighted by atomic mass is 32.2. The van der Waals surface area contributed by atoms with Gasteiger partial charge in [0.25, 0.3) is 0 Å². The van der Waals surface area contributed by atoms with Crippen molar-refractivity contribution in [1.29, 1.82) is 0 Å². The number of aromatic nitrogens is 2. The quantitative estimate of drug-likeness (QED) is 0.860. The lowest BCUT2D eigenvalue weighted by atomic mass is 10.1. The van der Waals surface area contributed by atoms with Gasteiger partial charge in [-0.25, -0.2) is 8.42 Å². The van der Waals surface area contributed by atoms with Gasteiger partial charge in [-0.1, -0.05) is 0 Å². The number of carboxylic acids is 1. The summed E-state index contributed by atoms with van der Waals surface area (Å²) in [7, 11) is -2.12. The smallest absolute Gasteiger partial charge is 0.304 e. The van der Waals surface area contributed by atoms with E-state index < -0.39 is 21.5 Å². The highest BCUT2D eigenvalue weighted by Crippen LogP contribution is 2.24. The largest absolute Gasteiger partial charge is 0.481 e. The molecule has 0 atom stereocenters. The van der Waals surface area contributed by atoms with Gasteiger partial charge < -0.3 is 5.11 Å². The fourth-order valence-electron chi connectivity index (χ4n) is 1.67. The van der Waals surface area contributed by atoms with Crippen LogP contribution in [0.4, 0.5) is 0 Å². The predicted octanol–water partition coefficient (Wildman–Crippen LogP) is 0.684. The first-order chi connectivity index (χ1) is 8.55. The van der Waals surface area contributed by atoms with E-state index >= 15 is 0 Å². The number of hydrogen-bond acceptors (Lipinski definition) is 4. The molecule has 0 amide bonds. The van der Waals surface area contributed by atoms with Gasteiger partial charge in [0.15, 0.2) is 0 Å². The summed E-state index contributed by atoms with van der Waals surface area (Å²) in [5, 5.41) is 12.6. The number of aryl methyl sites for hydroxylation is 1. The maximum Gasteiger partial charge on any atom is 0.304 e. The van der Waals surface area contributed by atoms with Crippen molar-refractivity contribution in [3.8, 4) is 0 Å². The zero-order valence-corrected chi connectivity index (χ0v) is 12.3. The summed E-state index contributed by atoms with van der Waals surface area (Å²) in [4.78, 5) is 10.7. The monoisotopic (exact) mass is 289 g/mol. The summed E-state index contributed by atoms with van der Waals surface area (Å²) in [6, 6.07) is 0. The van der Waals surface area contributed by atoms with E-state index in [0.717, 1.165) is 0 Å². The molecule has 7 nitrogen and oxygen atoms in total. The van der Waals surface area contributed by atoms with E-state index in [1.54, 1.807) is 27.8 Å². The van der Waals surface area contributed by atoms with Crippen LogP contribution >= 0.6 is 0 Å². The summed E-state index contributed by atoms with van der Waals surface area (Å²) in [5.41, 5.74) is -0.704. The third-order valence-corrected chi connectivity index (χ3v) is 4.66. The molecule has 1 N–H and O–H groups in total. The van der Waals surface area contributed by atoms with E-state index in [2.05, 4.69) is 5.10 Å². The molecular weight excluding hydrogens is 270 g/mol. The first-order valence-corrected chi connectivity index (χ1v) is 7.22. The predicted molar refractivity (Wildman–Crippen MR) is 69.1 cm³/mol. The minimum Gasteiger partial charge on any atom is -0.481 e. The second-order valence-electron chi connectivity index (χ2n) is 5.24. The Morgan fingerprint density at radius 3 is 2.42 bits per heavy atom. The lowest BCUT2D eigenvalue weighted by Crippen LogP contribution is -2.46. The van der Waals surface area contributed by atoms with Crippen LogP contribution in [0.2, 0.25) is 0 Å². The maximum atomic E-state index is 12.5. The Bertz CT molecular complexity index is 557. The standard InChI is InChI=1S/C11H19N3O4S/c1-11(2,3)14(6-5-10(15)16)19(17,18)9-7-12-13(4)8-9/h7-8H,5-6H2,1-4H3,(H,15,16). The molecule has 1 aromatic rings. The normalized spacial score (nSPS) is 12.9. The van der Waals surface area contributed by atoms with E-state index in [-0.39, 0.29) is 17.9 Å². The summed E-state index contributed by atoms with van der Waals surface area (Å²) < 4.78 is 27.5. The van der Waals surface area contributed by atoms with Crippen molar-refractivity contribution < 1.29 is 18.3 Å². The molecule has 0 radical (unpaired) electrons. The summed E-state index contributed by atoms with van der Waals surface area (Å²) >= 11 is 0. The fourth-order valence-corrected chi connectivity index (χ4v) is 3.45. The first kappa shape index (κ1) is 15.6. The summed E-state index contributed by atoms with van der Waals surface area (Å²) in [6.45, 7) is 5.10. The zero-order chi connectivity index (χ0) is 14.8. The molecule has 1 aromatic heterocycles. The molecule has 0 aliphatic rings. The van der Waals surface area contributed by atoms with Gasteiger partial charge in [0.2, 0.25) is 10.0 Å². The van der Waals surface area contributed by atoms with Gasteiger partial charge in [-0.15, -0.1) is 0 Å². The molecule has 0 aromatic carbocycles. The van der Waals surface area contributed by atoms with E-state index in [1.807, 2.05) is 0 Å². The van der Waals surface area contributed by atoms with Crippen LogP contribution in [0.25, 0.3) is 0 Å². The van der Waals surface area contributed by atoms with Gasteiger partial charge >= 0.3 is 5.97 Å². The SMILES string of the molecule is Cn1cc(S(=O)(=O)N(CCC(=O)O)C(C)(C)C)cn1. The third-order valence-electron chi connectivity index (χ3n) is 2.55. The highest BCUT2D eigenvalue weighted by Gasteiger charge is 2.34. The topological polar surface area (TPSA) is 92.5 Å². The second-order valence-corrected chi connectivity index (χ2v) is 7.10. The summed E-state index contributed by atoms with van der Waals surface area (Å²) in [6.07, 6.45) is 2.42. The number of sulfonamides is 1. The van der Waals surface area contributed by atoms with Crippen LogP contribution in [0.5, 0.6) is 0 Å². The maximum absolute atomic E-state index is 12.5. The molecule has 0 unspecified atom stereocenters. The Morgan fingerprint density at radius 1 is 1.47 bits per heavy atom. The molecular formula is C11H19N3O4S. The van der Waals surface area contributed by atoms with Crippen LogP contribution in [0.3, 0.4) is 0 Å². The molecule has 8 heteroatoms. The molecule has 108 valence electrons. The van der Waals surface area contributed by atoms with Gasteiger partial charge in [0.05, 0.1) is 12.6 Å². The van der Waals surface area contributed by atoms with E-state index in [9.17, 15) is 13.2 Å². The minimum absolute atomic E-state index is 0.0651. The average molecular weight is 289 g/mol. The molecule has 19 heavy (non-hydrogen) atoms. The number of hydrogen-bond donors (Lipinski definition) is 1. The second kappa shape index (κ2) is 5.30. The van der Waals surface area contributed by atoms with Crippen molar-refractivity contribution in [3.05, 3.63) is 12.4 Å². The van der Waals surface area contributed by atoms with E-state index in [1.165, 1.54) is 21.4 Å². The van der Waals surface area contributed by atoms with Crippen molar-refractivity contribution in [3.63, 3.8) is 0 Å². The van der Waals surface area contributed by atoms with Gasteiger partial charge in [-0.2, -0.15) is 9.40 Å². The molecule has 1 rings (SSSR count). The van der Waals surface area contributed by atoms with Crippen LogP contribution in [-0.4, -0.2) is 45.7 Å². The Balaban J connectivity index is 3.13. The van der Waals surface area contributed by atoms with Crippen LogP contribution in [0, 0.1) is 0 Å². The Hall–Kier alpha value is -1.41. The van der Waals surface area contributed by atoms with E-state index in [4.69, 9.17) is 5.11 Å². The van der Waals surface area contributed by atoms with Gasteiger partial charge in [-0.3, -0.25) is 9.48 Å². The van der Waals surface area contributed by atoms with Crippen molar-refractivity contribution in [1.82, 2.24) is 14.1 Å². The molecule has 1 heterocycles. The number of nitrogens with zero attached hydrogens (tertiary/aromatic N) is 3. The van der Waals surface area contributed by atoms with Gasteiger partial charge in [0, 0.05) is 25.3 Å². The number of carboxylic acid groups (broad SMARTS) is 1. The molecule has 0 aliphatic heterocycles. The zero-order valence-electron chi connectivity index (χ0n) is 11.5. The molecule has 0 spiro atoms. The number of carbonyl (C=O) groups is 1. The van der Waals surface area contributed by atoms with Crippen molar-refractivity contribution in [2.45, 2.75) is 37.6 Å². The molecule has 0 bridgehead atoms. The van der Waals surface area contributed by atoms with Gasteiger partial charge in [-0.05, 0) is 20.8 Å². The van der Waals surface area contributed by atoms with Crippen LogP contribution in [0.15, 0.2) is 17.3 Å². The lowest BCUT2D eigenvalue weighted by molar-refractivity contribution is -0.137. The van der Waals surface area contributed by atoms with Crippen molar-refractivity contribution in [2.24, 2.45) is 7.05 Å². The average Bonchev–Trinajstić information content (AvgIpc) is 2.62. The molecule has 0 saturated carbocycles. The molecule has 0 fully saturated rings. The van der Waals surface area contributed by atoms with Crippen molar-refractivity contribution >= 4 is 16.0 Å². The Morgan fingerprint density at radius 2 is 2.05 bits per heavy atom. The van der Waals surface area contributed by atoms with Crippen LogP contribution < -0.4 is 0 Å². The molecule has 0 saturated heterocycles.